The molecule has 1 radical (unpaired) electrons. The molecule has 0 saturated heterocycles. The van der Waals surface area contributed by atoms with Gasteiger partial charge in [0.15, 0.2) is 0 Å². The van der Waals surface area contributed by atoms with E-state index in [1.807, 2.05) is 12.1 Å². The summed E-state index contributed by atoms with van der Waals surface area (Å²) in [6.07, 6.45) is 2.27. The second-order valence-electron chi connectivity index (χ2n) is 2.29. The van der Waals surface area contributed by atoms with E-state index in [4.69, 9.17) is 11.6 Å². The van der Waals surface area contributed by atoms with Crippen LogP contribution in [0, 0.1) is 6.07 Å². The van der Waals surface area contributed by atoms with Crippen LogP contribution in [-0.2, 0) is 6.42 Å². The van der Waals surface area contributed by atoms with Crippen molar-refractivity contribution in [1.29, 1.82) is 0 Å². The molecule has 1 aromatic rings. The van der Waals surface area contributed by atoms with Gasteiger partial charge in [-0.25, -0.2) is 0 Å². The quantitative estimate of drug-likeness (QED) is 0.613. The van der Waals surface area contributed by atoms with Crippen LogP contribution in [0.25, 0.3) is 0 Å². The fourth-order valence-electron chi connectivity index (χ4n) is 0.925. The summed E-state index contributed by atoms with van der Waals surface area (Å²) in [5.74, 6) is 0. The van der Waals surface area contributed by atoms with Gasteiger partial charge in [0, 0.05) is 11.1 Å². The summed E-state index contributed by atoms with van der Waals surface area (Å²) in [6.45, 7) is 2.16. The van der Waals surface area contributed by atoms with Gasteiger partial charge in [-0.15, -0.1) is 0 Å². The van der Waals surface area contributed by atoms with Crippen molar-refractivity contribution in [3.8, 4) is 0 Å². The van der Waals surface area contributed by atoms with Gasteiger partial charge in [-0.3, -0.25) is 0 Å². The van der Waals surface area contributed by atoms with Crippen LogP contribution in [0.3, 0.4) is 0 Å². The zero-order valence-corrected chi connectivity index (χ0v) is 6.78. The van der Waals surface area contributed by atoms with Crippen LogP contribution in [0.15, 0.2) is 18.2 Å². The molecule has 0 unspecified atom stereocenters. The van der Waals surface area contributed by atoms with Crippen molar-refractivity contribution >= 4 is 11.6 Å². The van der Waals surface area contributed by atoms with Crippen LogP contribution in [0.5, 0.6) is 0 Å². The summed E-state index contributed by atoms with van der Waals surface area (Å²) >= 11 is 5.73. The lowest BCUT2D eigenvalue weighted by Crippen LogP contribution is -1.80. The highest BCUT2D eigenvalue weighted by Gasteiger charge is 1.90. The Balaban J connectivity index is 2.75. The normalized spacial score (nSPS) is 9.80. The van der Waals surface area contributed by atoms with Gasteiger partial charge in [0.25, 0.3) is 0 Å². The molecule has 0 aliphatic carbocycles. The molecule has 1 aromatic carbocycles. The molecule has 0 atom stereocenters. The van der Waals surface area contributed by atoms with Gasteiger partial charge in [-0.2, -0.15) is 0 Å². The smallest absolute Gasteiger partial charge is 0.0487 e. The summed E-state index contributed by atoms with van der Waals surface area (Å²) < 4.78 is 0. The van der Waals surface area contributed by atoms with Crippen molar-refractivity contribution in [3.63, 3.8) is 0 Å². The molecule has 0 fully saturated rings. The van der Waals surface area contributed by atoms with E-state index in [9.17, 15) is 0 Å². The maximum absolute atomic E-state index is 5.73. The lowest BCUT2D eigenvalue weighted by Gasteiger charge is -1.96. The molecule has 10 heavy (non-hydrogen) atoms. The number of rotatable bonds is 2. The summed E-state index contributed by atoms with van der Waals surface area (Å²) in [4.78, 5) is 0. The summed E-state index contributed by atoms with van der Waals surface area (Å²) in [6, 6.07) is 8.78. The fraction of sp³-hybridized carbons (Fsp3) is 0.333. The Bertz CT molecular complexity index is 206. The predicted octanol–water partition coefficient (Wildman–Crippen LogP) is 3.09. The molecule has 0 spiro atoms. The van der Waals surface area contributed by atoms with E-state index < -0.39 is 0 Å². The highest BCUT2D eigenvalue weighted by Crippen LogP contribution is 2.10. The molecule has 0 bridgehead atoms. The Hall–Kier alpha value is -0.490. The minimum absolute atomic E-state index is 0.714. The number of halogens is 1. The standard InChI is InChI=1S/C9H10Cl/c1-2-4-8-5-3-6-9(10)7-8/h3,5,7H,2,4H2,1H3. The molecule has 0 N–H and O–H groups in total. The van der Waals surface area contributed by atoms with Gasteiger partial charge in [0.1, 0.15) is 0 Å². The predicted molar refractivity (Wildman–Crippen MR) is 44.3 cm³/mol. The summed E-state index contributed by atoms with van der Waals surface area (Å²) in [5.41, 5.74) is 1.30. The lowest BCUT2D eigenvalue weighted by molar-refractivity contribution is 0.922. The first kappa shape index (κ1) is 7.62. The molecule has 0 aliphatic heterocycles. The molecule has 0 aromatic heterocycles. The molecule has 53 valence electrons. The first-order valence-corrected chi connectivity index (χ1v) is 3.87. The van der Waals surface area contributed by atoms with Crippen LogP contribution in [0.4, 0.5) is 0 Å². The second kappa shape index (κ2) is 3.62. The highest BCUT2D eigenvalue weighted by atomic mass is 35.5. The van der Waals surface area contributed by atoms with E-state index >= 15 is 0 Å². The van der Waals surface area contributed by atoms with Crippen LogP contribution in [0.2, 0.25) is 5.02 Å². The molecular formula is C9H10Cl. The Kier molecular flexibility index (Phi) is 2.76. The van der Waals surface area contributed by atoms with E-state index in [1.165, 1.54) is 12.0 Å². The van der Waals surface area contributed by atoms with Crippen molar-refractivity contribution < 1.29 is 0 Å². The van der Waals surface area contributed by atoms with Gasteiger partial charge < -0.3 is 0 Å². The monoisotopic (exact) mass is 153 g/mol. The Morgan fingerprint density at radius 1 is 1.60 bits per heavy atom. The van der Waals surface area contributed by atoms with E-state index in [0.29, 0.717) is 5.02 Å². The molecule has 0 heterocycles. The summed E-state index contributed by atoms with van der Waals surface area (Å²) in [7, 11) is 0. The molecule has 0 saturated carbocycles. The van der Waals surface area contributed by atoms with E-state index in [2.05, 4.69) is 19.1 Å². The largest absolute Gasteiger partial charge is 0.0837 e. The van der Waals surface area contributed by atoms with Crippen molar-refractivity contribution in [2.75, 3.05) is 0 Å². The molecule has 1 heteroatoms. The molecule has 0 amide bonds. The van der Waals surface area contributed by atoms with E-state index in [1.54, 1.807) is 0 Å². The SMILES string of the molecule is CCCc1cc[c]c(Cl)c1. The van der Waals surface area contributed by atoms with Crippen LogP contribution < -0.4 is 0 Å². The third-order valence-corrected chi connectivity index (χ3v) is 1.59. The third-order valence-electron chi connectivity index (χ3n) is 1.37. The first-order chi connectivity index (χ1) is 4.83. The Morgan fingerprint density at radius 2 is 2.40 bits per heavy atom. The highest BCUT2D eigenvalue weighted by molar-refractivity contribution is 6.30. The first-order valence-electron chi connectivity index (χ1n) is 3.49. The maximum atomic E-state index is 5.73. The van der Waals surface area contributed by atoms with Crippen molar-refractivity contribution in [2.24, 2.45) is 0 Å². The second-order valence-corrected chi connectivity index (χ2v) is 2.70. The van der Waals surface area contributed by atoms with Crippen LogP contribution in [0.1, 0.15) is 18.9 Å². The third kappa shape index (κ3) is 2.03. The van der Waals surface area contributed by atoms with E-state index in [0.717, 1.165) is 6.42 Å². The van der Waals surface area contributed by atoms with Crippen molar-refractivity contribution in [2.45, 2.75) is 19.8 Å². The minimum atomic E-state index is 0.714. The van der Waals surface area contributed by atoms with Gasteiger partial charge in [0.2, 0.25) is 0 Å². The zero-order valence-electron chi connectivity index (χ0n) is 6.02. The zero-order chi connectivity index (χ0) is 7.40. The number of aryl methyl sites for hydroxylation is 1. The van der Waals surface area contributed by atoms with Crippen LogP contribution >= 0.6 is 11.6 Å². The number of hydrogen-bond acceptors (Lipinski definition) is 0. The van der Waals surface area contributed by atoms with Crippen molar-refractivity contribution in [3.05, 3.63) is 34.9 Å². The van der Waals surface area contributed by atoms with Gasteiger partial charge >= 0.3 is 0 Å². The lowest BCUT2D eigenvalue weighted by atomic mass is 10.1. The average Bonchev–Trinajstić information content (AvgIpc) is 1.88. The Morgan fingerprint density at radius 3 is 3.00 bits per heavy atom. The van der Waals surface area contributed by atoms with E-state index in [-0.39, 0.29) is 0 Å². The minimum Gasteiger partial charge on any atom is -0.0837 e. The van der Waals surface area contributed by atoms with Gasteiger partial charge in [-0.05, 0) is 18.1 Å². The molecule has 1 rings (SSSR count). The molecule has 0 nitrogen and oxygen atoms in total. The van der Waals surface area contributed by atoms with Gasteiger partial charge in [-0.1, -0.05) is 37.1 Å². The molecular weight excluding hydrogens is 144 g/mol. The topological polar surface area (TPSA) is 0 Å². The fourth-order valence-corrected chi connectivity index (χ4v) is 1.13. The van der Waals surface area contributed by atoms with Gasteiger partial charge in [0.05, 0.1) is 0 Å². The number of hydrogen-bond donors (Lipinski definition) is 0. The van der Waals surface area contributed by atoms with Crippen LogP contribution in [-0.4, -0.2) is 0 Å². The summed E-state index contributed by atoms with van der Waals surface area (Å²) in [5, 5.41) is 0.714. The maximum Gasteiger partial charge on any atom is 0.0487 e. The average molecular weight is 154 g/mol. The number of benzene rings is 1. The molecule has 0 aliphatic rings. The van der Waals surface area contributed by atoms with Crippen molar-refractivity contribution in [1.82, 2.24) is 0 Å². The Labute approximate surface area is 66.8 Å².